The highest BCUT2D eigenvalue weighted by Gasteiger charge is 2.31. The number of fused-ring (bicyclic) bond motifs is 1. The zero-order valence-corrected chi connectivity index (χ0v) is 11.1. The largest absolute Gasteiger partial charge is 0.436 e. The third-order valence-electron chi connectivity index (χ3n) is 3.06. The predicted molar refractivity (Wildman–Crippen MR) is 72.6 cm³/mol. The van der Waals surface area contributed by atoms with Gasteiger partial charge in [0.05, 0.1) is 5.70 Å². The van der Waals surface area contributed by atoms with Gasteiger partial charge in [-0.25, -0.2) is 9.37 Å². The molecular weight excluding hydrogens is 275 g/mol. The van der Waals surface area contributed by atoms with Crippen LogP contribution < -0.4 is 5.32 Å². The van der Waals surface area contributed by atoms with Crippen LogP contribution in [0.2, 0.25) is 0 Å². The predicted octanol–water partition coefficient (Wildman–Crippen LogP) is 2.75. The number of rotatable bonds is 3. The Morgan fingerprint density at radius 3 is 2.62 bits per heavy atom. The van der Waals surface area contributed by atoms with E-state index >= 15 is 0 Å². The van der Waals surface area contributed by atoms with Crippen molar-refractivity contribution < 1.29 is 18.4 Å². The lowest BCUT2D eigenvalue weighted by Gasteiger charge is -2.12. The van der Waals surface area contributed by atoms with Crippen molar-refractivity contribution in [3.8, 4) is 0 Å². The van der Waals surface area contributed by atoms with Gasteiger partial charge in [-0.1, -0.05) is 6.92 Å². The molecule has 0 saturated carbocycles. The summed E-state index contributed by atoms with van der Waals surface area (Å²) in [6, 6.07) is 5.47. The molecule has 3 rings (SSSR count). The van der Waals surface area contributed by atoms with Crippen LogP contribution in [0.5, 0.6) is 0 Å². The molecule has 21 heavy (non-hydrogen) atoms. The van der Waals surface area contributed by atoms with E-state index in [0.29, 0.717) is 18.0 Å². The average Bonchev–Trinajstić information content (AvgIpc) is 2.92. The van der Waals surface area contributed by atoms with Crippen LogP contribution in [0, 0.1) is 5.82 Å². The Kier molecular flexibility index (Phi) is 3.13. The van der Waals surface area contributed by atoms with Gasteiger partial charge < -0.3 is 9.73 Å². The van der Waals surface area contributed by atoms with Gasteiger partial charge in [0.2, 0.25) is 17.3 Å². The molecule has 1 aliphatic rings. The first-order chi connectivity index (χ1) is 10.1. The van der Waals surface area contributed by atoms with E-state index in [4.69, 9.17) is 4.42 Å². The highest BCUT2D eigenvalue weighted by molar-refractivity contribution is 6.23. The Morgan fingerprint density at radius 2 is 1.95 bits per heavy atom. The number of nitrogens with zero attached hydrogens (tertiary/aromatic N) is 1. The minimum atomic E-state index is -0.419. The quantitative estimate of drug-likeness (QED) is 0.939. The van der Waals surface area contributed by atoms with Crippen LogP contribution in [0.15, 0.2) is 40.5 Å². The van der Waals surface area contributed by atoms with Crippen molar-refractivity contribution in [3.63, 3.8) is 0 Å². The normalized spacial score (nSPS) is 13.9. The molecule has 1 aromatic carbocycles. The number of hydrogen-bond acceptors (Lipinski definition) is 5. The van der Waals surface area contributed by atoms with E-state index in [1.807, 2.05) is 6.92 Å². The maximum Gasteiger partial charge on any atom is 0.231 e. The molecule has 106 valence electrons. The van der Waals surface area contributed by atoms with Gasteiger partial charge in [-0.15, -0.1) is 0 Å². The van der Waals surface area contributed by atoms with Crippen LogP contribution >= 0.6 is 0 Å². The minimum Gasteiger partial charge on any atom is -0.436 e. The van der Waals surface area contributed by atoms with Gasteiger partial charge >= 0.3 is 0 Å². The van der Waals surface area contributed by atoms with Crippen LogP contribution in [-0.2, 0) is 6.42 Å². The Morgan fingerprint density at radius 1 is 1.24 bits per heavy atom. The maximum absolute atomic E-state index is 12.9. The SMILES string of the molecule is CCc1nc2c(o1)C(=O)C=C(Nc1ccc(F)cc1)C2=O. The van der Waals surface area contributed by atoms with Crippen LogP contribution in [-0.4, -0.2) is 16.6 Å². The molecule has 0 radical (unpaired) electrons. The number of benzene rings is 1. The van der Waals surface area contributed by atoms with E-state index < -0.39 is 11.6 Å². The van der Waals surface area contributed by atoms with E-state index in [9.17, 15) is 14.0 Å². The molecule has 0 bridgehead atoms. The highest BCUT2D eigenvalue weighted by Crippen LogP contribution is 2.23. The van der Waals surface area contributed by atoms with Crippen molar-refractivity contribution in [3.05, 3.63) is 59.2 Å². The maximum atomic E-state index is 12.9. The van der Waals surface area contributed by atoms with Crippen molar-refractivity contribution in [2.75, 3.05) is 5.32 Å². The van der Waals surface area contributed by atoms with Gasteiger partial charge in [0.25, 0.3) is 0 Å². The molecule has 0 saturated heterocycles. The molecule has 1 aromatic heterocycles. The molecular formula is C15H11FN2O3. The fraction of sp³-hybridized carbons (Fsp3) is 0.133. The van der Waals surface area contributed by atoms with Gasteiger partial charge in [0.1, 0.15) is 5.82 Å². The second-order valence-corrected chi connectivity index (χ2v) is 4.52. The number of Topliss-reactive ketones (excluding diaryl/α,β-unsaturated/α-hetero) is 1. The summed E-state index contributed by atoms with van der Waals surface area (Å²) >= 11 is 0. The minimum absolute atomic E-state index is 0.0176. The molecule has 0 unspecified atom stereocenters. The second-order valence-electron chi connectivity index (χ2n) is 4.52. The number of allylic oxidation sites excluding steroid dienone is 2. The Hall–Kier alpha value is -2.76. The molecule has 1 heterocycles. The van der Waals surface area contributed by atoms with Gasteiger partial charge in [0.15, 0.2) is 11.6 Å². The van der Waals surface area contributed by atoms with Gasteiger partial charge in [-0.2, -0.15) is 0 Å². The highest BCUT2D eigenvalue weighted by atomic mass is 19.1. The fourth-order valence-corrected chi connectivity index (χ4v) is 2.01. The fourth-order valence-electron chi connectivity index (χ4n) is 2.01. The molecule has 5 nitrogen and oxygen atoms in total. The number of oxazole rings is 1. The molecule has 0 aliphatic heterocycles. The standard InChI is InChI=1S/C15H11FN2O3/c1-2-12-18-13-14(20)10(7-11(19)15(13)21-12)17-9-5-3-8(16)4-6-9/h3-7,17H,2H2,1H3. The summed E-state index contributed by atoms with van der Waals surface area (Å²) < 4.78 is 18.1. The Balaban J connectivity index is 1.92. The van der Waals surface area contributed by atoms with Crippen LogP contribution in [0.3, 0.4) is 0 Å². The number of halogens is 1. The second kappa shape index (κ2) is 4.97. The Labute approximate surface area is 119 Å². The zero-order chi connectivity index (χ0) is 15.0. The van der Waals surface area contributed by atoms with Gasteiger partial charge in [-0.3, -0.25) is 9.59 Å². The summed E-state index contributed by atoms with van der Waals surface area (Å²) in [5.41, 5.74) is 0.616. The zero-order valence-electron chi connectivity index (χ0n) is 11.1. The van der Waals surface area contributed by atoms with Crippen molar-refractivity contribution in [1.82, 2.24) is 4.98 Å². The first kappa shape index (κ1) is 13.2. The number of carbonyl (C=O) groups excluding carboxylic acids is 2. The third kappa shape index (κ3) is 2.35. The third-order valence-corrected chi connectivity index (χ3v) is 3.06. The first-order valence-corrected chi connectivity index (χ1v) is 6.41. The summed E-state index contributed by atoms with van der Waals surface area (Å²) in [4.78, 5) is 28.3. The lowest BCUT2D eigenvalue weighted by atomic mass is 10.0. The number of anilines is 1. The molecule has 6 heteroatoms. The van der Waals surface area contributed by atoms with Crippen molar-refractivity contribution in [2.24, 2.45) is 0 Å². The summed E-state index contributed by atoms with van der Waals surface area (Å²) in [5.74, 6) is -0.898. The van der Waals surface area contributed by atoms with E-state index in [-0.39, 0.29) is 23.0 Å². The average molecular weight is 286 g/mol. The number of ketones is 2. The van der Waals surface area contributed by atoms with Crippen molar-refractivity contribution in [1.29, 1.82) is 0 Å². The van der Waals surface area contributed by atoms with Gasteiger partial charge in [-0.05, 0) is 24.3 Å². The van der Waals surface area contributed by atoms with Crippen LogP contribution in [0.25, 0.3) is 0 Å². The number of carbonyl (C=O) groups is 2. The van der Waals surface area contributed by atoms with E-state index in [2.05, 4.69) is 10.3 Å². The lowest BCUT2D eigenvalue weighted by Crippen LogP contribution is -2.21. The smallest absolute Gasteiger partial charge is 0.231 e. The summed E-state index contributed by atoms with van der Waals surface area (Å²) in [7, 11) is 0. The first-order valence-electron chi connectivity index (χ1n) is 6.41. The monoisotopic (exact) mass is 286 g/mol. The molecule has 0 atom stereocenters. The molecule has 0 spiro atoms. The van der Waals surface area contributed by atoms with E-state index in [0.717, 1.165) is 0 Å². The van der Waals surface area contributed by atoms with E-state index in [1.165, 1.54) is 30.3 Å². The van der Waals surface area contributed by atoms with E-state index in [1.54, 1.807) is 0 Å². The lowest BCUT2D eigenvalue weighted by molar-refractivity contribution is 0.0965. The summed E-state index contributed by atoms with van der Waals surface area (Å²) in [6.07, 6.45) is 1.66. The van der Waals surface area contributed by atoms with Crippen LogP contribution in [0.4, 0.5) is 10.1 Å². The number of aryl methyl sites for hydroxylation is 1. The molecule has 1 aliphatic carbocycles. The summed E-state index contributed by atoms with van der Waals surface area (Å²) in [6.45, 7) is 1.82. The van der Waals surface area contributed by atoms with Crippen molar-refractivity contribution in [2.45, 2.75) is 13.3 Å². The molecule has 0 amide bonds. The van der Waals surface area contributed by atoms with Crippen LogP contribution in [0.1, 0.15) is 33.9 Å². The topological polar surface area (TPSA) is 72.2 Å². The number of aromatic nitrogens is 1. The Bertz CT molecular complexity index is 760. The van der Waals surface area contributed by atoms with Gasteiger partial charge in [0, 0.05) is 18.2 Å². The molecule has 2 aromatic rings. The summed E-state index contributed by atoms with van der Waals surface area (Å²) in [5, 5.41) is 2.80. The molecule has 0 fully saturated rings. The number of nitrogens with one attached hydrogen (secondary N) is 1. The van der Waals surface area contributed by atoms with Crippen molar-refractivity contribution >= 4 is 17.3 Å². The molecule has 1 N–H and O–H groups in total. The number of hydrogen-bond donors (Lipinski definition) is 1.